The molecule has 5 nitrogen and oxygen atoms in total. The van der Waals surface area contributed by atoms with Gasteiger partial charge >= 0.3 is 5.97 Å². The summed E-state index contributed by atoms with van der Waals surface area (Å²) >= 11 is 5.55. The lowest BCUT2D eigenvalue weighted by Crippen LogP contribution is -2.14. The molecule has 1 amide bonds. The summed E-state index contributed by atoms with van der Waals surface area (Å²) in [5.41, 5.74) is 0. The second-order valence-corrected chi connectivity index (χ2v) is 2.90. The van der Waals surface area contributed by atoms with Gasteiger partial charge < -0.3 is 9.15 Å². The maximum Gasteiger partial charge on any atom is 0.308 e. The summed E-state index contributed by atoms with van der Waals surface area (Å²) in [5, 5.41) is 0.0463. The number of carbonyl (C=O) groups excluding carboxylic acids is 2. The minimum Gasteiger partial charge on any atom is -0.425 e. The molecule has 0 N–H and O–H groups in total. The molecule has 0 aliphatic carbocycles. The highest BCUT2D eigenvalue weighted by Gasteiger charge is 2.16. The van der Waals surface area contributed by atoms with Crippen molar-refractivity contribution in [2.45, 2.75) is 6.92 Å². The van der Waals surface area contributed by atoms with Gasteiger partial charge in [-0.3, -0.25) is 14.5 Å². The van der Waals surface area contributed by atoms with Crippen LogP contribution in [0, 0.1) is 0 Å². The second kappa shape index (κ2) is 4.15. The van der Waals surface area contributed by atoms with Crippen LogP contribution in [0.15, 0.2) is 10.5 Å². The molecular formula is C8H8ClNO4. The zero-order valence-corrected chi connectivity index (χ0v) is 8.37. The van der Waals surface area contributed by atoms with Crippen LogP contribution < -0.4 is 9.64 Å². The molecule has 76 valence electrons. The van der Waals surface area contributed by atoms with E-state index in [-0.39, 0.29) is 16.9 Å². The summed E-state index contributed by atoms with van der Waals surface area (Å²) in [6.07, 6.45) is 0.516. The highest BCUT2D eigenvalue weighted by molar-refractivity contribution is 6.29. The third-order valence-electron chi connectivity index (χ3n) is 1.38. The molecule has 1 aromatic heterocycles. The molecule has 0 bridgehead atoms. The van der Waals surface area contributed by atoms with E-state index < -0.39 is 5.97 Å². The average molecular weight is 218 g/mol. The number of halogens is 1. The molecule has 0 aliphatic rings. The van der Waals surface area contributed by atoms with Crippen molar-refractivity contribution in [2.75, 3.05) is 11.9 Å². The first-order chi connectivity index (χ1) is 6.54. The van der Waals surface area contributed by atoms with Crippen LogP contribution in [0.2, 0.25) is 5.22 Å². The standard InChI is InChI=1S/C8H8ClNO4/c1-5(12)13-6-3-7(9)14-8(6)10(2)4-11/h3-4H,1-2H3. The van der Waals surface area contributed by atoms with Gasteiger partial charge in [0.1, 0.15) is 0 Å². The number of ether oxygens (including phenoxy) is 1. The Balaban J connectivity index is 3.01. The van der Waals surface area contributed by atoms with Gasteiger partial charge in [0, 0.05) is 20.0 Å². The number of amides is 1. The van der Waals surface area contributed by atoms with Gasteiger partial charge in [-0.05, 0) is 11.6 Å². The molecule has 1 aromatic rings. The number of esters is 1. The Morgan fingerprint density at radius 1 is 1.71 bits per heavy atom. The molecule has 0 unspecified atom stereocenters. The average Bonchev–Trinajstić information content (AvgIpc) is 2.44. The number of rotatable bonds is 3. The third kappa shape index (κ3) is 2.26. The fourth-order valence-electron chi connectivity index (χ4n) is 0.859. The zero-order valence-electron chi connectivity index (χ0n) is 7.61. The van der Waals surface area contributed by atoms with E-state index in [1.54, 1.807) is 0 Å². The topological polar surface area (TPSA) is 59.8 Å². The molecule has 0 radical (unpaired) electrons. The minimum atomic E-state index is -0.511. The van der Waals surface area contributed by atoms with Crippen molar-refractivity contribution in [3.8, 4) is 5.75 Å². The fraction of sp³-hybridized carbons (Fsp3) is 0.250. The molecule has 14 heavy (non-hydrogen) atoms. The summed E-state index contributed by atoms with van der Waals surface area (Å²) < 4.78 is 9.72. The van der Waals surface area contributed by atoms with Gasteiger partial charge in [0.15, 0.2) is 11.0 Å². The molecule has 0 saturated heterocycles. The third-order valence-corrected chi connectivity index (χ3v) is 1.57. The maximum atomic E-state index is 10.7. The molecule has 0 aromatic carbocycles. The maximum absolute atomic E-state index is 10.7. The van der Waals surface area contributed by atoms with Gasteiger partial charge in [0.05, 0.1) is 0 Å². The molecule has 1 rings (SSSR count). The van der Waals surface area contributed by atoms with Gasteiger partial charge in [0.2, 0.25) is 12.3 Å². The second-order valence-electron chi connectivity index (χ2n) is 2.53. The normalized spacial score (nSPS) is 9.64. The largest absolute Gasteiger partial charge is 0.425 e. The molecular weight excluding hydrogens is 210 g/mol. The Morgan fingerprint density at radius 3 is 2.86 bits per heavy atom. The molecule has 6 heteroatoms. The van der Waals surface area contributed by atoms with E-state index in [4.69, 9.17) is 20.8 Å². The number of anilines is 1. The lowest BCUT2D eigenvalue weighted by molar-refractivity contribution is -0.131. The lowest BCUT2D eigenvalue weighted by atomic mass is 10.5. The molecule has 0 atom stereocenters. The predicted molar refractivity (Wildman–Crippen MR) is 49.5 cm³/mol. The van der Waals surface area contributed by atoms with Crippen LogP contribution in [0.4, 0.5) is 5.88 Å². The first-order valence-electron chi connectivity index (χ1n) is 3.70. The predicted octanol–water partition coefficient (Wildman–Crippen LogP) is 1.45. The van der Waals surface area contributed by atoms with Crippen molar-refractivity contribution in [2.24, 2.45) is 0 Å². The molecule has 0 spiro atoms. The van der Waals surface area contributed by atoms with Gasteiger partial charge in [-0.1, -0.05) is 0 Å². The van der Waals surface area contributed by atoms with Gasteiger partial charge in [-0.2, -0.15) is 0 Å². The van der Waals surface area contributed by atoms with Crippen LogP contribution in [-0.4, -0.2) is 19.4 Å². The van der Waals surface area contributed by atoms with E-state index in [0.717, 1.165) is 4.90 Å². The number of nitrogens with zero attached hydrogens (tertiary/aromatic N) is 1. The first kappa shape index (κ1) is 10.6. The summed E-state index contributed by atoms with van der Waals surface area (Å²) in [7, 11) is 1.45. The lowest BCUT2D eigenvalue weighted by Gasteiger charge is -2.07. The molecule has 1 heterocycles. The summed E-state index contributed by atoms with van der Waals surface area (Å²) in [6.45, 7) is 1.24. The highest BCUT2D eigenvalue weighted by Crippen LogP contribution is 2.33. The van der Waals surface area contributed by atoms with Gasteiger partial charge in [-0.15, -0.1) is 0 Å². The smallest absolute Gasteiger partial charge is 0.308 e. The van der Waals surface area contributed by atoms with Crippen molar-refractivity contribution in [3.05, 3.63) is 11.3 Å². The number of furan rings is 1. The zero-order chi connectivity index (χ0) is 10.7. The molecule has 0 saturated carbocycles. The molecule has 0 fully saturated rings. The Morgan fingerprint density at radius 2 is 2.36 bits per heavy atom. The van der Waals surface area contributed by atoms with Crippen LogP contribution in [0.3, 0.4) is 0 Å². The number of hydrogen-bond acceptors (Lipinski definition) is 4. The highest BCUT2D eigenvalue weighted by atomic mass is 35.5. The van der Waals surface area contributed by atoms with E-state index in [2.05, 4.69) is 0 Å². The van der Waals surface area contributed by atoms with Crippen molar-refractivity contribution in [1.29, 1.82) is 0 Å². The van der Waals surface area contributed by atoms with E-state index in [1.165, 1.54) is 20.0 Å². The van der Waals surface area contributed by atoms with Crippen LogP contribution in [-0.2, 0) is 9.59 Å². The quantitative estimate of drug-likeness (QED) is 0.568. The molecule has 0 aliphatic heterocycles. The Bertz CT molecular complexity index is 360. The van der Waals surface area contributed by atoms with E-state index in [0.29, 0.717) is 6.41 Å². The first-order valence-corrected chi connectivity index (χ1v) is 4.08. The van der Waals surface area contributed by atoms with Crippen LogP contribution >= 0.6 is 11.6 Å². The van der Waals surface area contributed by atoms with Crippen molar-refractivity contribution in [3.63, 3.8) is 0 Å². The van der Waals surface area contributed by atoms with Gasteiger partial charge in [-0.25, -0.2) is 0 Å². The Kier molecular flexibility index (Phi) is 3.14. The van der Waals surface area contributed by atoms with Crippen molar-refractivity contribution in [1.82, 2.24) is 0 Å². The fourth-order valence-corrected chi connectivity index (χ4v) is 1.03. The van der Waals surface area contributed by atoms with Crippen LogP contribution in [0.5, 0.6) is 5.75 Å². The Hall–Kier alpha value is -1.49. The van der Waals surface area contributed by atoms with Crippen molar-refractivity contribution >= 4 is 29.9 Å². The summed E-state index contributed by atoms with van der Waals surface area (Å²) in [4.78, 5) is 22.2. The number of hydrogen-bond donors (Lipinski definition) is 0. The monoisotopic (exact) mass is 217 g/mol. The van der Waals surface area contributed by atoms with Crippen molar-refractivity contribution < 1.29 is 18.7 Å². The van der Waals surface area contributed by atoms with Gasteiger partial charge in [0.25, 0.3) is 0 Å². The minimum absolute atomic E-state index is 0.0463. The van der Waals surface area contributed by atoms with E-state index >= 15 is 0 Å². The SMILES string of the molecule is CC(=O)Oc1cc(Cl)oc1N(C)C=O. The van der Waals surface area contributed by atoms with Crippen LogP contribution in [0.1, 0.15) is 6.92 Å². The van der Waals surface area contributed by atoms with E-state index in [1.807, 2.05) is 0 Å². The Labute approximate surface area is 85.2 Å². The van der Waals surface area contributed by atoms with E-state index in [9.17, 15) is 9.59 Å². The summed E-state index contributed by atoms with van der Waals surface area (Å²) in [5.74, 6) is -0.291. The van der Waals surface area contributed by atoms with Crippen LogP contribution in [0.25, 0.3) is 0 Å². The number of carbonyl (C=O) groups is 2. The summed E-state index contributed by atoms with van der Waals surface area (Å²) in [6, 6.07) is 1.32.